The third-order valence-corrected chi connectivity index (χ3v) is 5.16. The molecule has 1 fully saturated rings. The van der Waals surface area contributed by atoms with Crippen molar-refractivity contribution in [1.82, 2.24) is 0 Å². The van der Waals surface area contributed by atoms with Gasteiger partial charge in [0.25, 0.3) is 0 Å². The minimum atomic E-state index is -4.44. The highest BCUT2D eigenvalue weighted by Crippen LogP contribution is 2.45. The van der Waals surface area contributed by atoms with E-state index in [4.69, 9.17) is 10.0 Å². The normalized spacial score (nSPS) is 16.8. The summed E-state index contributed by atoms with van der Waals surface area (Å²) in [5.41, 5.74) is 1.64. The molecular weight excluding hydrogens is 399 g/mol. The SMILES string of the molecule is CC(C)CN1ON(c2cccc(N3CC(C(=O)O)C3)c2)c2ccc(C(F)(F)F)cc21. The maximum absolute atomic E-state index is 13.2. The molecule has 0 radical (unpaired) electrons. The van der Waals surface area contributed by atoms with Crippen LogP contribution in [0.5, 0.6) is 0 Å². The summed E-state index contributed by atoms with van der Waals surface area (Å²) in [4.78, 5) is 18.9. The Morgan fingerprint density at radius 1 is 1.13 bits per heavy atom. The predicted octanol–water partition coefficient (Wildman–Crippen LogP) is 4.69. The van der Waals surface area contributed by atoms with Crippen LogP contribution in [0.2, 0.25) is 0 Å². The van der Waals surface area contributed by atoms with E-state index in [-0.39, 0.29) is 11.8 Å². The number of hydrogen-bond acceptors (Lipinski definition) is 5. The van der Waals surface area contributed by atoms with Crippen LogP contribution in [0.1, 0.15) is 19.4 Å². The highest BCUT2D eigenvalue weighted by Gasteiger charge is 2.37. The second-order valence-electron chi connectivity index (χ2n) is 7.99. The van der Waals surface area contributed by atoms with Crippen LogP contribution in [0, 0.1) is 11.8 Å². The quantitative estimate of drug-likeness (QED) is 0.756. The number of halogens is 3. The van der Waals surface area contributed by atoms with Crippen LogP contribution < -0.4 is 15.0 Å². The summed E-state index contributed by atoms with van der Waals surface area (Å²) >= 11 is 0. The van der Waals surface area contributed by atoms with E-state index < -0.39 is 17.7 Å². The van der Waals surface area contributed by atoms with Crippen LogP contribution >= 0.6 is 0 Å². The lowest BCUT2D eigenvalue weighted by atomic mass is 9.99. The number of carbonyl (C=O) groups is 1. The largest absolute Gasteiger partial charge is 0.481 e. The third-order valence-electron chi connectivity index (χ3n) is 5.16. The molecule has 0 atom stereocenters. The number of hydrogen-bond donors (Lipinski definition) is 1. The lowest BCUT2D eigenvalue weighted by molar-refractivity contribution is -0.142. The molecule has 2 aliphatic heterocycles. The van der Waals surface area contributed by atoms with E-state index in [0.717, 1.165) is 17.8 Å². The Kier molecular flexibility index (Phi) is 5.01. The molecule has 1 N–H and O–H groups in total. The number of nitrogens with zero attached hydrogens (tertiary/aromatic N) is 3. The zero-order chi connectivity index (χ0) is 21.6. The van der Waals surface area contributed by atoms with E-state index in [9.17, 15) is 18.0 Å². The van der Waals surface area contributed by atoms with Crippen molar-refractivity contribution in [3.63, 3.8) is 0 Å². The molecule has 0 amide bonds. The zero-order valence-corrected chi connectivity index (χ0v) is 16.6. The maximum Gasteiger partial charge on any atom is 0.416 e. The van der Waals surface area contributed by atoms with Gasteiger partial charge < -0.3 is 10.0 Å². The van der Waals surface area contributed by atoms with Crippen LogP contribution in [-0.2, 0) is 15.9 Å². The summed E-state index contributed by atoms with van der Waals surface area (Å²) in [5, 5.41) is 12.1. The van der Waals surface area contributed by atoms with E-state index in [1.165, 1.54) is 16.2 Å². The van der Waals surface area contributed by atoms with Crippen molar-refractivity contribution in [3.8, 4) is 0 Å². The molecule has 2 aromatic rings. The topological polar surface area (TPSA) is 56.2 Å². The fourth-order valence-electron chi connectivity index (χ4n) is 3.57. The first-order valence-corrected chi connectivity index (χ1v) is 9.68. The lowest BCUT2D eigenvalue weighted by Crippen LogP contribution is -2.50. The van der Waals surface area contributed by atoms with Gasteiger partial charge in [0, 0.05) is 18.8 Å². The van der Waals surface area contributed by atoms with Gasteiger partial charge in [0.1, 0.15) is 0 Å². The monoisotopic (exact) mass is 421 g/mol. The number of anilines is 4. The van der Waals surface area contributed by atoms with Crippen molar-refractivity contribution in [1.29, 1.82) is 0 Å². The lowest BCUT2D eigenvalue weighted by Gasteiger charge is -2.38. The van der Waals surface area contributed by atoms with Crippen molar-refractivity contribution in [3.05, 3.63) is 48.0 Å². The Labute approximate surface area is 172 Å². The number of hydroxylamine groups is 1. The number of carboxylic acids is 1. The Morgan fingerprint density at radius 2 is 1.83 bits per heavy atom. The van der Waals surface area contributed by atoms with Gasteiger partial charge in [-0.05, 0) is 42.3 Å². The summed E-state index contributed by atoms with van der Waals surface area (Å²) in [7, 11) is 0. The van der Waals surface area contributed by atoms with E-state index >= 15 is 0 Å². The molecule has 0 unspecified atom stereocenters. The number of alkyl halides is 3. The van der Waals surface area contributed by atoms with E-state index in [1.54, 1.807) is 6.07 Å². The van der Waals surface area contributed by atoms with Crippen molar-refractivity contribution < 1.29 is 28.0 Å². The molecular formula is C21H22F3N3O3. The van der Waals surface area contributed by atoms with Crippen molar-refractivity contribution in [2.24, 2.45) is 11.8 Å². The minimum absolute atomic E-state index is 0.174. The van der Waals surface area contributed by atoms with E-state index in [2.05, 4.69) is 0 Å². The Morgan fingerprint density at radius 3 is 2.47 bits per heavy atom. The van der Waals surface area contributed by atoms with Gasteiger partial charge in [0.05, 0.1) is 35.1 Å². The summed E-state index contributed by atoms with van der Waals surface area (Å²) < 4.78 is 39.7. The second-order valence-corrected chi connectivity index (χ2v) is 7.99. The zero-order valence-electron chi connectivity index (χ0n) is 16.6. The van der Waals surface area contributed by atoms with Crippen LogP contribution in [0.4, 0.5) is 35.9 Å². The van der Waals surface area contributed by atoms with Crippen molar-refractivity contribution >= 4 is 28.7 Å². The van der Waals surface area contributed by atoms with Crippen LogP contribution in [0.15, 0.2) is 42.5 Å². The first kappa shape index (κ1) is 20.3. The predicted molar refractivity (Wildman–Crippen MR) is 107 cm³/mol. The average Bonchev–Trinajstić information content (AvgIpc) is 2.97. The van der Waals surface area contributed by atoms with Gasteiger partial charge in [0.2, 0.25) is 0 Å². The molecule has 9 heteroatoms. The Balaban J connectivity index is 1.64. The fraction of sp³-hybridized carbons (Fsp3) is 0.381. The summed E-state index contributed by atoms with van der Waals surface area (Å²) in [6.45, 7) is 5.19. The smallest absolute Gasteiger partial charge is 0.416 e. The molecule has 0 aliphatic carbocycles. The van der Waals surface area contributed by atoms with Gasteiger partial charge in [-0.2, -0.15) is 18.2 Å². The molecule has 0 aromatic heterocycles. The highest BCUT2D eigenvalue weighted by atomic mass is 19.4. The highest BCUT2D eigenvalue weighted by molar-refractivity contribution is 5.80. The van der Waals surface area contributed by atoms with Gasteiger partial charge in [-0.15, -0.1) is 4.94 Å². The fourth-order valence-corrected chi connectivity index (χ4v) is 3.57. The number of fused-ring (bicyclic) bond motifs is 1. The third kappa shape index (κ3) is 3.77. The molecule has 4 rings (SSSR count). The van der Waals surface area contributed by atoms with Crippen LogP contribution in [-0.4, -0.2) is 30.7 Å². The van der Waals surface area contributed by atoms with Gasteiger partial charge >= 0.3 is 12.1 Å². The summed E-state index contributed by atoms with van der Waals surface area (Å²) in [6.07, 6.45) is -4.44. The molecule has 6 nitrogen and oxygen atoms in total. The van der Waals surface area contributed by atoms with Crippen LogP contribution in [0.25, 0.3) is 0 Å². The van der Waals surface area contributed by atoms with E-state index in [1.807, 2.05) is 36.9 Å². The van der Waals surface area contributed by atoms with Gasteiger partial charge in [0.15, 0.2) is 0 Å². The van der Waals surface area contributed by atoms with Crippen molar-refractivity contribution in [2.75, 3.05) is 34.7 Å². The van der Waals surface area contributed by atoms with Crippen molar-refractivity contribution in [2.45, 2.75) is 20.0 Å². The molecule has 1 saturated heterocycles. The standard InChI is InChI=1S/C21H22F3N3O3/c1-13(2)10-26-19-8-15(21(22,23)24)6-7-18(19)27(30-26)17-5-3-4-16(9-17)25-11-14(12-25)20(28)29/h3-9,13-14H,10-12H2,1-2H3,(H,28,29). The maximum atomic E-state index is 13.2. The molecule has 2 heterocycles. The number of carboxylic acid groups (broad SMARTS) is 1. The minimum Gasteiger partial charge on any atom is -0.481 e. The first-order chi connectivity index (χ1) is 14.1. The number of rotatable bonds is 5. The molecule has 2 aromatic carbocycles. The molecule has 0 bridgehead atoms. The molecule has 2 aliphatic rings. The van der Waals surface area contributed by atoms with E-state index in [0.29, 0.717) is 36.7 Å². The van der Waals surface area contributed by atoms with Gasteiger partial charge in [-0.25, -0.2) is 5.06 Å². The second kappa shape index (κ2) is 7.39. The summed E-state index contributed by atoms with van der Waals surface area (Å²) in [5.74, 6) is -1.03. The number of aliphatic carboxylic acids is 1. The number of benzene rings is 2. The Hall–Kier alpha value is -2.94. The van der Waals surface area contributed by atoms with Crippen LogP contribution in [0.3, 0.4) is 0 Å². The van der Waals surface area contributed by atoms with Gasteiger partial charge in [-0.3, -0.25) is 4.79 Å². The summed E-state index contributed by atoms with van der Waals surface area (Å²) in [6, 6.07) is 10.9. The first-order valence-electron chi connectivity index (χ1n) is 9.68. The molecule has 0 saturated carbocycles. The molecule has 30 heavy (non-hydrogen) atoms. The molecule has 0 spiro atoms. The average molecular weight is 421 g/mol. The Bertz CT molecular complexity index is 958. The van der Waals surface area contributed by atoms with Gasteiger partial charge in [-0.1, -0.05) is 19.9 Å². The molecule has 160 valence electrons.